The Morgan fingerprint density at radius 2 is 2.16 bits per heavy atom. The first-order chi connectivity index (χ1) is 11.9. The molecule has 0 fully saturated rings. The summed E-state index contributed by atoms with van der Waals surface area (Å²) in [5.41, 5.74) is 0.104. The summed E-state index contributed by atoms with van der Waals surface area (Å²) in [6.07, 6.45) is -0.859. The zero-order valence-electron chi connectivity index (χ0n) is 14.4. The Hall–Kier alpha value is -2.85. The average molecular weight is 340 g/mol. The van der Waals surface area contributed by atoms with E-state index in [0.717, 1.165) is 5.56 Å². The fourth-order valence-corrected chi connectivity index (χ4v) is 3.17. The standard InChI is InChI=1S/C18H20N4O3/c1-4-22(14-7-8-15(23)21-20-14)16-12-9-11(10-19)5-6-13(12)25-18(2,3)17(16)24/h5-9,16-17,24H,4H2,1-3H3,(H,21,23). The van der Waals surface area contributed by atoms with Crippen molar-refractivity contribution in [1.82, 2.24) is 10.2 Å². The molecule has 2 heterocycles. The molecule has 1 aliphatic rings. The van der Waals surface area contributed by atoms with Crippen LogP contribution in [0, 0.1) is 11.3 Å². The lowest BCUT2D eigenvalue weighted by atomic mass is 9.85. The third kappa shape index (κ3) is 2.96. The topological polar surface area (TPSA) is 102 Å². The van der Waals surface area contributed by atoms with Crippen molar-refractivity contribution in [3.63, 3.8) is 0 Å². The van der Waals surface area contributed by atoms with Gasteiger partial charge < -0.3 is 14.7 Å². The molecule has 0 saturated carbocycles. The van der Waals surface area contributed by atoms with Gasteiger partial charge in [-0.05, 0) is 45.0 Å². The molecular weight excluding hydrogens is 320 g/mol. The quantitative estimate of drug-likeness (QED) is 0.882. The van der Waals surface area contributed by atoms with Gasteiger partial charge in [-0.15, -0.1) is 0 Å². The van der Waals surface area contributed by atoms with Crippen LogP contribution in [0.1, 0.15) is 37.9 Å². The van der Waals surface area contributed by atoms with Gasteiger partial charge in [0.15, 0.2) is 0 Å². The molecule has 3 rings (SSSR count). The van der Waals surface area contributed by atoms with E-state index in [2.05, 4.69) is 16.3 Å². The van der Waals surface area contributed by atoms with Gasteiger partial charge in [0.05, 0.1) is 17.7 Å². The summed E-state index contributed by atoms with van der Waals surface area (Å²) in [7, 11) is 0. The predicted octanol–water partition coefficient (Wildman–Crippen LogP) is 1.74. The van der Waals surface area contributed by atoms with Crippen molar-refractivity contribution < 1.29 is 9.84 Å². The van der Waals surface area contributed by atoms with Crippen LogP contribution in [-0.2, 0) is 0 Å². The van der Waals surface area contributed by atoms with E-state index in [1.165, 1.54) is 6.07 Å². The van der Waals surface area contributed by atoms with E-state index in [9.17, 15) is 15.2 Å². The molecule has 7 heteroatoms. The van der Waals surface area contributed by atoms with Crippen LogP contribution in [0.5, 0.6) is 5.75 Å². The third-order valence-corrected chi connectivity index (χ3v) is 4.48. The van der Waals surface area contributed by atoms with E-state index < -0.39 is 17.7 Å². The maximum Gasteiger partial charge on any atom is 0.264 e. The van der Waals surface area contributed by atoms with Crippen LogP contribution in [0.2, 0.25) is 0 Å². The minimum Gasteiger partial charge on any atom is -0.485 e. The van der Waals surface area contributed by atoms with Crippen molar-refractivity contribution in [2.75, 3.05) is 11.4 Å². The molecule has 0 saturated heterocycles. The number of aromatic nitrogens is 2. The zero-order valence-corrected chi connectivity index (χ0v) is 14.4. The van der Waals surface area contributed by atoms with Gasteiger partial charge in [-0.3, -0.25) is 4.79 Å². The van der Waals surface area contributed by atoms with Crippen molar-refractivity contribution >= 4 is 5.82 Å². The molecule has 2 N–H and O–H groups in total. The van der Waals surface area contributed by atoms with Crippen LogP contribution in [0.3, 0.4) is 0 Å². The predicted molar refractivity (Wildman–Crippen MR) is 92.5 cm³/mol. The molecule has 2 atom stereocenters. The maximum atomic E-state index is 11.3. The largest absolute Gasteiger partial charge is 0.485 e. The number of benzene rings is 1. The second-order valence-corrected chi connectivity index (χ2v) is 6.53. The Balaban J connectivity index is 2.16. The Morgan fingerprint density at radius 1 is 1.40 bits per heavy atom. The Bertz CT molecular complexity index is 864. The number of fused-ring (bicyclic) bond motifs is 1. The Labute approximate surface area is 145 Å². The number of nitriles is 1. The second-order valence-electron chi connectivity index (χ2n) is 6.53. The molecule has 7 nitrogen and oxygen atoms in total. The highest BCUT2D eigenvalue weighted by molar-refractivity contribution is 5.51. The van der Waals surface area contributed by atoms with Gasteiger partial charge >= 0.3 is 0 Å². The molecule has 0 aliphatic carbocycles. The highest BCUT2D eigenvalue weighted by Crippen LogP contribution is 2.44. The molecular formula is C18H20N4O3. The van der Waals surface area contributed by atoms with E-state index in [1.807, 2.05) is 25.7 Å². The fraction of sp³-hybridized carbons (Fsp3) is 0.389. The average Bonchev–Trinajstić information content (AvgIpc) is 2.59. The summed E-state index contributed by atoms with van der Waals surface area (Å²) in [6, 6.07) is 9.84. The van der Waals surface area contributed by atoms with Gasteiger partial charge in [0.25, 0.3) is 5.56 Å². The van der Waals surface area contributed by atoms with Crippen LogP contribution in [0.15, 0.2) is 35.1 Å². The lowest BCUT2D eigenvalue weighted by molar-refractivity contribution is -0.0587. The van der Waals surface area contributed by atoms with E-state index in [1.54, 1.807) is 24.3 Å². The first-order valence-electron chi connectivity index (χ1n) is 8.11. The SMILES string of the molecule is CCN(c1ccc(=O)[nH]n1)C1c2cc(C#N)ccc2OC(C)(C)C1O. The minimum atomic E-state index is -0.859. The molecule has 1 aromatic heterocycles. The van der Waals surface area contributed by atoms with E-state index in [4.69, 9.17) is 4.74 Å². The maximum absolute atomic E-state index is 11.3. The minimum absolute atomic E-state index is 0.292. The molecule has 1 aliphatic heterocycles. The van der Waals surface area contributed by atoms with Gasteiger partial charge in [0.2, 0.25) is 0 Å². The first-order valence-corrected chi connectivity index (χ1v) is 8.11. The van der Waals surface area contributed by atoms with E-state index >= 15 is 0 Å². The summed E-state index contributed by atoms with van der Waals surface area (Å²) in [5.74, 6) is 1.17. The summed E-state index contributed by atoms with van der Waals surface area (Å²) >= 11 is 0. The van der Waals surface area contributed by atoms with Crippen molar-refractivity contribution in [1.29, 1.82) is 5.26 Å². The Kier molecular flexibility index (Phi) is 4.23. The van der Waals surface area contributed by atoms with E-state index in [-0.39, 0.29) is 5.56 Å². The van der Waals surface area contributed by atoms with Gasteiger partial charge in [-0.1, -0.05) is 0 Å². The first kappa shape index (κ1) is 17.0. The number of aliphatic hydroxyl groups is 1. The zero-order chi connectivity index (χ0) is 18.2. The van der Waals surface area contributed by atoms with Crippen molar-refractivity contribution in [3.8, 4) is 11.8 Å². The number of hydrogen-bond donors (Lipinski definition) is 2. The molecule has 2 aromatic rings. The van der Waals surface area contributed by atoms with Crippen LogP contribution in [0.4, 0.5) is 5.82 Å². The van der Waals surface area contributed by atoms with Crippen LogP contribution in [-0.4, -0.2) is 33.6 Å². The number of ether oxygens (including phenoxy) is 1. The summed E-state index contributed by atoms with van der Waals surface area (Å²) in [4.78, 5) is 13.2. The molecule has 25 heavy (non-hydrogen) atoms. The number of nitrogens with one attached hydrogen (secondary N) is 1. The number of likely N-dealkylation sites (N-methyl/N-ethyl adjacent to an activating group) is 1. The highest BCUT2D eigenvalue weighted by atomic mass is 16.5. The van der Waals surface area contributed by atoms with Crippen LogP contribution >= 0.6 is 0 Å². The third-order valence-electron chi connectivity index (χ3n) is 4.48. The van der Waals surface area contributed by atoms with Gasteiger partial charge in [0.1, 0.15) is 23.3 Å². The Morgan fingerprint density at radius 3 is 2.76 bits per heavy atom. The molecule has 0 radical (unpaired) electrons. The van der Waals surface area contributed by atoms with Crippen molar-refractivity contribution in [3.05, 3.63) is 51.8 Å². The molecule has 2 unspecified atom stereocenters. The number of anilines is 1. The summed E-state index contributed by atoms with van der Waals surface area (Å²) in [5, 5.41) is 26.7. The van der Waals surface area contributed by atoms with Gasteiger partial charge in [-0.2, -0.15) is 10.4 Å². The normalized spacial score (nSPS) is 20.9. The number of nitrogens with zero attached hydrogens (tertiary/aromatic N) is 3. The van der Waals surface area contributed by atoms with Crippen molar-refractivity contribution in [2.24, 2.45) is 0 Å². The fourth-order valence-electron chi connectivity index (χ4n) is 3.17. The second kappa shape index (κ2) is 6.22. The molecule has 0 bridgehead atoms. The summed E-state index contributed by atoms with van der Waals surface area (Å²) < 4.78 is 5.95. The van der Waals surface area contributed by atoms with Gasteiger partial charge in [-0.25, -0.2) is 5.10 Å². The van der Waals surface area contributed by atoms with Crippen LogP contribution in [0.25, 0.3) is 0 Å². The number of hydrogen-bond acceptors (Lipinski definition) is 6. The van der Waals surface area contributed by atoms with Crippen molar-refractivity contribution in [2.45, 2.75) is 38.5 Å². The number of aromatic amines is 1. The molecule has 0 amide bonds. The summed E-state index contributed by atoms with van der Waals surface area (Å²) in [6.45, 7) is 6.13. The number of aliphatic hydroxyl groups excluding tert-OH is 1. The molecule has 1 aromatic carbocycles. The lowest BCUT2D eigenvalue weighted by Crippen LogP contribution is -2.54. The number of rotatable bonds is 3. The highest BCUT2D eigenvalue weighted by Gasteiger charge is 2.45. The number of H-pyrrole nitrogens is 1. The molecule has 130 valence electrons. The van der Waals surface area contributed by atoms with E-state index in [0.29, 0.717) is 23.7 Å². The lowest BCUT2D eigenvalue weighted by Gasteiger charge is -2.46. The smallest absolute Gasteiger partial charge is 0.264 e. The van der Waals surface area contributed by atoms with Gasteiger partial charge in [0, 0.05) is 18.2 Å². The van der Waals surface area contributed by atoms with Crippen LogP contribution < -0.4 is 15.2 Å². The molecule has 0 spiro atoms. The monoisotopic (exact) mass is 340 g/mol.